The lowest BCUT2D eigenvalue weighted by Crippen LogP contribution is -2.48. The summed E-state index contributed by atoms with van der Waals surface area (Å²) in [6.07, 6.45) is 2.70. The molecule has 1 aromatic rings. The molecule has 1 N–H and O–H groups in total. The fourth-order valence-electron chi connectivity index (χ4n) is 3.31. The number of ether oxygens (including phenoxy) is 1. The summed E-state index contributed by atoms with van der Waals surface area (Å²) in [7, 11) is 1.64. The highest BCUT2D eigenvalue weighted by atomic mass is 35.5. The van der Waals surface area contributed by atoms with Gasteiger partial charge in [-0.25, -0.2) is 0 Å². The summed E-state index contributed by atoms with van der Waals surface area (Å²) in [6, 6.07) is 0. The van der Waals surface area contributed by atoms with E-state index in [0.29, 0.717) is 18.3 Å². The summed E-state index contributed by atoms with van der Waals surface area (Å²) in [5, 5.41) is 7.41. The van der Waals surface area contributed by atoms with E-state index in [0.717, 1.165) is 38.6 Å². The van der Waals surface area contributed by atoms with Crippen molar-refractivity contribution >= 4 is 12.4 Å². The Bertz CT molecular complexity index is 445. The topological polar surface area (TPSA) is 66.7 Å². The summed E-state index contributed by atoms with van der Waals surface area (Å²) in [5.74, 6) is 2.14. The Hall–Kier alpha value is -0.730. The van der Waals surface area contributed by atoms with Crippen LogP contribution >= 0.6 is 12.4 Å². The number of methoxy groups -OCH3 is 1. The third-order valence-electron chi connectivity index (χ3n) is 4.52. The number of rotatable bonds is 6. The average Bonchev–Trinajstić information content (AvgIpc) is 2.98. The molecule has 0 aromatic carbocycles. The molecule has 2 saturated heterocycles. The minimum absolute atomic E-state index is 0. The monoisotopic (exact) mass is 345 g/mol. The van der Waals surface area contributed by atoms with E-state index in [2.05, 4.69) is 25.3 Å². The van der Waals surface area contributed by atoms with Gasteiger partial charge >= 0.3 is 0 Å². The van der Waals surface area contributed by atoms with Crippen molar-refractivity contribution < 1.29 is 9.26 Å². The van der Waals surface area contributed by atoms with Gasteiger partial charge in [0.15, 0.2) is 5.82 Å². The van der Waals surface area contributed by atoms with Crippen LogP contribution in [0.3, 0.4) is 0 Å². The maximum atomic E-state index is 5.26. The van der Waals surface area contributed by atoms with Crippen LogP contribution in [0.2, 0.25) is 0 Å². The van der Waals surface area contributed by atoms with E-state index in [1.165, 1.54) is 32.5 Å². The Balaban J connectivity index is 0.00000192. The summed E-state index contributed by atoms with van der Waals surface area (Å²) in [5.41, 5.74) is 0. The van der Waals surface area contributed by atoms with Crippen LogP contribution in [0.25, 0.3) is 0 Å². The predicted octanol–water partition coefficient (Wildman–Crippen LogP) is 0.755. The maximum absolute atomic E-state index is 5.26. The molecule has 0 aliphatic carbocycles. The normalized spacial score (nSPS) is 23.6. The first kappa shape index (κ1) is 18.6. The van der Waals surface area contributed by atoms with Gasteiger partial charge in [0, 0.05) is 39.8 Å². The van der Waals surface area contributed by atoms with Gasteiger partial charge in [-0.05, 0) is 31.8 Å². The molecule has 7 nitrogen and oxygen atoms in total. The maximum Gasteiger partial charge on any atom is 0.240 e. The molecule has 3 heterocycles. The second kappa shape index (κ2) is 9.54. The molecule has 0 radical (unpaired) electrons. The molecule has 0 spiro atoms. The van der Waals surface area contributed by atoms with E-state index >= 15 is 0 Å². The minimum atomic E-state index is 0. The quantitative estimate of drug-likeness (QED) is 0.816. The number of hydrogen-bond donors (Lipinski definition) is 1. The van der Waals surface area contributed by atoms with Crippen LogP contribution in [0.5, 0.6) is 0 Å². The van der Waals surface area contributed by atoms with Gasteiger partial charge in [-0.15, -0.1) is 12.4 Å². The zero-order chi connectivity index (χ0) is 15.2. The third kappa shape index (κ3) is 5.69. The number of aromatic nitrogens is 2. The lowest BCUT2D eigenvalue weighted by atomic mass is 9.99. The molecule has 8 heteroatoms. The van der Waals surface area contributed by atoms with Crippen molar-refractivity contribution in [1.29, 1.82) is 0 Å². The van der Waals surface area contributed by atoms with Gasteiger partial charge in [-0.1, -0.05) is 5.16 Å². The second-order valence-corrected chi connectivity index (χ2v) is 6.33. The smallest absolute Gasteiger partial charge is 0.240 e. The highest BCUT2D eigenvalue weighted by Crippen LogP contribution is 2.14. The molecule has 0 saturated carbocycles. The Morgan fingerprint density at radius 3 is 2.74 bits per heavy atom. The molecule has 1 aromatic heterocycles. The van der Waals surface area contributed by atoms with E-state index < -0.39 is 0 Å². The van der Waals surface area contributed by atoms with Crippen molar-refractivity contribution in [2.75, 3.05) is 52.9 Å². The molecule has 2 aliphatic rings. The fourth-order valence-corrected chi connectivity index (χ4v) is 3.31. The van der Waals surface area contributed by atoms with E-state index in [1.807, 2.05) is 0 Å². The highest BCUT2D eigenvalue weighted by molar-refractivity contribution is 5.85. The molecule has 1 atom stereocenters. The molecular weight excluding hydrogens is 318 g/mol. The molecule has 0 amide bonds. The Labute approximate surface area is 144 Å². The van der Waals surface area contributed by atoms with Crippen molar-refractivity contribution in [3.8, 4) is 0 Å². The SMILES string of the molecule is COCc1noc(CN2CCN(CC3CCCNC3)CC2)n1.Cl. The standard InChI is InChI=1S/C15H27N5O2.ClH/c1-21-12-14-17-15(22-18-14)11-20-7-5-19(6-8-20)10-13-3-2-4-16-9-13;/h13,16H,2-12H2,1H3;1H. The fraction of sp³-hybridized carbons (Fsp3) is 0.867. The number of nitrogens with one attached hydrogen (secondary N) is 1. The van der Waals surface area contributed by atoms with Gasteiger partial charge in [0.2, 0.25) is 5.89 Å². The largest absolute Gasteiger partial charge is 0.377 e. The Kier molecular flexibility index (Phi) is 7.72. The van der Waals surface area contributed by atoms with E-state index in [-0.39, 0.29) is 12.4 Å². The van der Waals surface area contributed by atoms with Crippen LogP contribution < -0.4 is 5.32 Å². The van der Waals surface area contributed by atoms with E-state index in [4.69, 9.17) is 9.26 Å². The first-order valence-corrected chi connectivity index (χ1v) is 8.29. The summed E-state index contributed by atoms with van der Waals surface area (Å²) in [6.45, 7) is 9.18. The van der Waals surface area contributed by atoms with Gasteiger partial charge < -0.3 is 19.5 Å². The lowest BCUT2D eigenvalue weighted by Gasteiger charge is -2.36. The lowest BCUT2D eigenvalue weighted by molar-refractivity contribution is 0.0999. The van der Waals surface area contributed by atoms with Crippen molar-refractivity contribution in [3.63, 3.8) is 0 Å². The molecule has 3 rings (SSSR count). The van der Waals surface area contributed by atoms with Crippen LogP contribution in [0.1, 0.15) is 24.6 Å². The van der Waals surface area contributed by atoms with E-state index in [9.17, 15) is 0 Å². The molecule has 0 bridgehead atoms. The number of halogens is 1. The first-order chi connectivity index (χ1) is 10.8. The number of hydrogen-bond acceptors (Lipinski definition) is 7. The second-order valence-electron chi connectivity index (χ2n) is 6.33. The average molecular weight is 346 g/mol. The van der Waals surface area contributed by atoms with Gasteiger partial charge in [-0.3, -0.25) is 4.90 Å². The number of nitrogens with zero attached hydrogens (tertiary/aromatic N) is 4. The van der Waals surface area contributed by atoms with Crippen LogP contribution in [0.4, 0.5) is 0 Å². The number of piperazine rings is 1. The summed E-state index contributed by atoms with van der Waals surface area (Å²) < 4.78 is 10.3. The zero-order valence-electron chi connectivity index (χ0n) is 13.9. The first-order valence-electron chi connectivity index (χ1n) is 8.29. The molecule has 132 valence electrons. The Morgan fingerprint density at radius 2 is 2.04 bits per heavy atom. The van der Waals surface area contributed by atoms with Crippen LogP contribution in [0.15, 0.2) is 4.52 Å². The highest BCUT2D eigenvalue weighted by Gasteiger charge is 2.22. The van der Waals surface area contributed by atoms with Crippen LogP contribution in [-0.4, -0.2) is 72.9 Å². The van der Waals surface area contributed by atoms with Gasteiger partial charge in [-0.2, -0.15) is 4.98 Å². The molecular formula is C15H28ClN5O2. The third-order valence-corrected chi connectivity index (χ3v) is 4.52. The molecule has 23 heavy (non-hydrogen) atoms. The van der Waals surface area contributed by atoms with Gasteiger partial charge in [0.1, 0.15) is 6.61 Å². The minimum Gasteiger partial charge on any atom is -0.377 e. The zero-order valence-corrected chi connectivity index (χ0v) is 14.7. The van der Waals surface area contributed by atoms with Crippen LogP contribution in [0, 0.1) is 5.92 Å². The van der Waals surface area contributed by atoms with E-state index in [1.54, 1.807) is 7.11 Å². The Morgan fingerprint density at radius 1 is 1.26 bits per heavy atom. The summed E-state index contributed by atoms with van der Waals surface area (Å²) >= 11 is 0. The van der Waals surface area contributed by atoms with Gasteiger partial charge in [0.05, 0.1) is 6.54 Å². The molecule has 2 aliphatic heterocycles. The molecule has 2 fully saturated rings. The van der Waals surface area contributed by atoms with Crippen molar-refractivity contribution in [1.82, 2.24) is 25.3 Å². The van der Waals surface area contributed by atoms with Crippen molar-refractivity contribution in [2.45, 2.75) is 26.0 Å². The predicted molar refractivity (Wildman–Crippen MR) is 89.6 cm³/mol. The molecule has 1 unspecified atom stereocenters. The van der Waals surface area contributed by atoms with Crippen LogP contribution in [-0.2, 0) is 17.9 Å². The summed E-state index contributed by atoms with van der Waals surface area (Å²) in [4.78, 5) is 9.32. The number of piperidine rings is 1. The van der Waals surface area contributed by atoms with Gasteiger partial charge in [0.25, 0.3) is 0 Å². The van der Waals surface area contributed by atoms with Crippen molar-refractivity contribution in [2.24, 2.45) is 5.92 Å². The van der Waals surface area contributed by atoms with Crippen molar-refractivity contribution in [3.05, 3.63) is 11.7 Å².